The minimum atomic E-state index is 0.635. The normalized spacial score (nSPS) is 37.5. The number of allylic oxidation sites excluding steroid dienone is 2. The van der Waals surface area contributed by atoms with Crippen LogP contribution in [0.2, 0.25) is 0 Å². The fourth-order valence-corrected chi connectivity index (χ4v) is 5.77. The summed E-state index contributed by atoms with van der Waals surface area (Å²) in [6, 6.07) is 0. The van der Waals surface area contributed by atoms with Crippen LogP contribution in [-0.4, -0.2) is 6.29 Å². The van der Waals surface area contributed by atoms with Gasteiger partial charge >= 0.3 is 0 Å². The van der Waals surface area contributed by atoms with Crippen LogP contribution < -0.4 is 0 Å². The van der Waals surface area contributed by atoms with E-state index in [1.165, 1.54) is 44.1 Å². The van der Waals surface area contributed by atoms with Gasteiger partial charge in [-0.2, -0.15) is 0 Å². The van der Waals surface area contributed by atoms with Crippen LogP contribution >= 0.6 is 0 Å². The molecule has 2 aliphatic rings. The maximum Gasteiger partial charge on any atom is 0.142 e. The van der Waals surface area contributed by atoms with E-state index in [0.717, 1.165) is 41.8 Å². The van der Waals surface area contributed by atoms with Crippen LogP contribution in [0.25, 0.3) is 0 Å². The van der Waals surface area contributed by atoms with E-state index in [1.807, 2.05) is 6.08 Å². The lowest BCUT2D eigenvalue weighted by molar-refractivity contribution is -0.104. The Morgan fingerprint density at radius 1 is 0.792 bits per heavy atom. The lowest BCUT2D eigenvalue weighted by Crippen LogP contribution is -2.36. The SMILES string of the molecule is CC1CCC(C(C)C)C(C(=CC=O)C2CC(C)CCC2C(C)C)C1. The molecule has 2 aliphatic carbocycles. The van der Waals surface area contributed by atoms with Crippen LogP contribution in [-0.2, 0) is 4.79 Å². The molecule has 0 aliphatic heterocycles. The van der Waals surface area contributed by atoms with Crippen LogP contribution in [0.3, 0.4) is 0 Å². The summed E-state index contributed by atoms with van der Waals surface area (Å²) in [5, 5.41) is 0. The second-order valence-electron chi connectivity index (χ2n) is 9.67. The van der Waals surface area contributed by atoms with Crippen LogP contribution in [0.5, 0.6) is 0 Å². The highest BCUT2D eigenvalue weighted by molar-refractivity contribution is 5.66. The minimum absolute atomic E-state index is 0.635. The maximum atomic E-state index is 11.5. The van der Waals surface area contributed by atoms with Crippen molar-refractivity contribution in [2.45, 2.75) is 80.1 Å². The lowest BCUT2D eigenvalue weighted by atomic mass is 9.59. The molecule has 1 heteroatoms. The molecule has 0 heterocycles. The van der Waals surface area contributed by atoms with Gasteiger partial charge in [-0.05, 0) is 79.1 Å². The third-order valence-corrected chi connectivity index (χ3v) is 7.16. The van der Waals surface area contributed by atoms with Gasteiger partial charge in [0.25, 0.3) is 0 Å². The fourth-order valence-electron chi connectivity index (χ4n) is 5.77. The van der Waals surface area contributed by atoms with E-state index in [1.54, 1.807) is 0 Å². The molecule has 6 unspecified atom stereocenters. The molecule has 138 valence electrons. The summed E-state index contributed by atoms with van der Waals surface area (Å²) in [5.74, 6) is 5.84. The molecule has 0 bridgehead atoms. The smallest absolute Gasteiger partial charge is 0.142 e. The van der Waals surface area contributed by atoms with Crippen LogP contribution in [0.1, 0.15) is 80.1 Å². The minimum Gasteiger partial charge on any atom is -0.299 e. The van der Waals surface area contributed by atoms with Gasteiger partial charge in [-0.15, -0.1) is 0 Å². The molecule has 2 saturated carbocycles. The molecule has 0 aromatic heterocycles. The Kier molecular flexibility index (Phi) is 7.13. The summed E-state index contributed by atoms with van der Waals surface area (Å²) in [6.07, 6.45) is 11.1. The van der Waals surface area contributed by atoms with Crippen molar-refractivity contribution in [3.05, 3.63) is 11.6 Å². The number of carbonyl (C=O) groups excluding carboxylic acids is 1. The Bertz CT molecular complexity index is 399. The van der Waals surface area contributed by atoms with Crippen molar-refractivity contribution in [3.8, 4) is 0 Å². The van der Waals surface area contributed by atoms with Crippen molar-refractivity contribution in [2.75, 3.05) is 0 Å². The van der Waals surface area contributed by atoms with E-state index in [9.17, 15) is 4.79 Å². The highest BCUT2D eigenvalue weighted by Crippen LogP contribution is 2.49. The quantitative estimate of drug-likeness (QED) is 0.413. The van der Waals surface area contributed by atoms with Crippen LogP contribution in [0.15, 0.2) is 11.6 Å². The molecule has 6 atom stereocenters. The van der Waals surface area contributed by atoms with Crippen molar-refractivity contribution in [3.63, 3.8) is 0 Å². The molecule has 0 N–H and O–H groups in total. The second kappa shape index (κ2) is 8.68. The zero-order chi connectivity index (χ0) is 17.9. The Balaban J connectivity index is 2.34. The van der Waals surface area contributed by atoms with Crippen molar-refractivity contribution in [2.24, 2.45) is 47.3 Å². The summed E-state index contributed by atoms with van der Waals surface area (Å²) in [5.41, 5.74) is 1.53. The standard InChI is InChI=1S/C23H40O/c1-15(2)19-9-7-17(5)13-22(19)21(11-12-24)23-14-18(6)8-10-20(23)16(3)4/h11-12,15-20,22-23H,7-10,13-14H2,1-6H3. The highest BCUT2D eigenvalue weighted by atomic mass is 16.1. The zero-order valence-corrected chi connectivity index (χ0v) is 16.9. The first kappa shape index (κ1) is 19.7. The predicted molar refractivity (Wildman–Crippen MR) is 104 cm³/mol. The average Bonchev–Trinajstić information content (AvgIpc) is 2.51. The first-order valence-corrected chi connectivity index (χ1v) is 10.5. The van der Waals surface area contributed by atoms with Gasteiger partial charge < -0.3 is 0 Å². The monoisotopic (exact) mass is 332 g/mol. The molecule has 24 heavy (non-hydrogen) atoms. The van der Waals surface area contributed by atoms with Gasteiger partial charge in [-0.1, -0.05) is 60.0 Å². The van der Waals surface area contributed by atoms with E-state index in [-0.39, 0.29) is 0 Å². The van der Waals surface area contributed by atoms with Gasteiger partial charge in [-0.25, -0.2) is 0 Å². The number of carbonyl (C=O) groups is 1. The van der Waals surface area contributed by atoms with Crippen molar-refractivity contribution in [1.82, 2.24) is 0 Å². The molecule has 0 spiro atoms. The molecule has 2 fully saturated rings. The highest BCUT2D eigenvalue weighted by Gasteiger charge is 2.40. The van der Waals surface area contributed by atoms with E-state index < -0.39 is 0 Å². The molecular formula is C23H40O. The summed E-state index contributed by atoms with van der Waals surface area (Å²) in [7, 11) is 0. The largest absolute Gasteiger partial charge is 0.299 e. The van der Waals surface area contributed by atoms with E-state index in [4.69, 9.17) is 0 Å². The predicted octanol–water partition coefficient (Wildman–Crippen LogP) is 6.53. The number of hydrogen-bond donors (Lipinski definition) is 0. The van der Waals surface area contributed by atoms with Crippen LogP contribution in [0, 0.1) is 47.3 Å². The number of hydrogen-bond acceptors (Lipinski definition) is 1. The van der Waals surface area contributed by atoms with E-state index >= 15 is 0 Å². The fraction of sp³-hybridized carbons (Fsp3) is 0.870. The first-order valence-electron chi connectivity index (χ1n) is 10.5. The van der Waals surface area contributed by atoms with Crippen LogP contribution in [0.4, 0.5) is 0 Å². The summed E-state index contributed by atoms with van der Waals surface area (Å²) >= 11 is 0. The first-order chi connectivity index (χ1) is 11.3. The third kappa shape index (κ3) is 4.52. The lowest BCUT2D eigenvalue weighted by Gasteiger charge is -2.46. The summed E-state index contributed by atoms with van der Waals surface area (Å²) in [4.78, 5) is 11.5. The Labute approximate surface area is 150 Å². The topological polar surface area (TPSA) is 17.1 Å². The van der Waals surface area contributed by atoms with Gasteiger partial charge in [0, 0.05) is 0 Å². The Morgan fingerprint density at radius 3 is 1.54 bits per heavy atom. The Hall–Kier alpha value is -0.590. The van der Waals surface area contributed by atoms with Crippen molar-refractivity contribution in [1.29, 1.82) is 0 Å². The van der Waals surface area contributed by atoms with Crippen molar-refractivity contribution < 1.29 is 4.79 Å². The van der Waals surface area contributed by atoms with Gasteiger partial charge in [0.2, 0.25) is 0 Å². The molecule has 0 aromatic rings. The van der Waals surface area contributed by atoms with Gasteiger partial charge in [-0.3, -0.25) is 4.79 Å². The van der Waals surface area contributed by atoms with E-state index in [0.29, 0.717) is 11.8 Å². The number of aldehydes is 1. The average molecular weight is 333 g/mol. The summed E-state index contributed by atoms with van der Waals surface area (Å²) < 4.78 is 0. The second-order valence-corrected chi connectivity index (χ2v) is 9.67. The molecule has 0 amide bonds. The molecular weight excluding hydrogens is 292 g/mol. The molecule has 1 nitrogen and oxygen atoms in total. The third-order valence-electron chi connectivity index (χ3n) is 7.16. The molecule has 0 saturated heterocycles. The van der Waals surface area contributed by atoms with Gasteiger partial charge in [0.05, 0.1) is 0 Å². The molecule has 2 rings (SSSR count). The van der Waals surface area contributed by atoms with Gasteiger partial charge in [0.15, 0.2) is 0 Å². The van der Waals surface area contributed by atoms with Crippen molar-refractivity contribution >= 4 is 6.29 Å². The van der Waals surface area contributed by atoms with E-state index in [2.05, 4.69) is 41.5 Å². The summed E-state index contributed by atoms with van der Waals surface area (Å²) in [6.45, 7) is 14.4. The molecule has 0 radical (unpaired) electrons. The Morgan fingerprint density at radius 2 is 1.21 bits per heavy atom. The zero-order valence-electron chi connectivity index (χ0n) is 16.9. The maximum absolute atomic E-state index is 11.5. The number of rotatable bonds is 5. The van der Waals surface area contributed by atoms with Gasteiger partial charge in [0.1, 0.15) is 6.29 Å². The molecule has 0 aromatic carbocycles.